The van der Waals surface area contributed by atoms with Gasteiger partial charge in [0.15, 0.2) is 5.58 Å². The molecule has 0 N–H and O–H groups in total. The minimum atomic E-state index is -4.57. The quantitative estimate of drug-likeness (QED) is 0.478. The molecule has 11 heteroatoms. The number of carbonyl (C=O) groups excluding carboxylic acids is 1. The van der Waals surface area contributed by atoms with Crippen molar-refractivity contribution < 1.29 is 27.1 Å². The van der Waals surface area contributed by atoms with E-state index in [0.29, 0.717) is 23.7 Å². The number of anilines is 1. The molecule has 2 aromatic heterocycles. The Balaban J connectivity index is 1.49. The Bertz CT molecular complexity index is 1170. The molecule has 0 saturated carbocycles. The summed E-state index contributed by atoms with van der Waals surface area (Å²) in [5, 5.41) is 2.32. The average Bonchev–Trinajstić information content (AvgIpc) is 3.43. The van der Waals surface area contributed by atoms with Crippen LogP contribution >= 0.6 is 11.3 Å². The first-order chi connectivity index (χ1) is 15.5. The number of piperazine rings is 1. The molecule has 2 aliphatic rings. The third-order valence-electron chi connectivity index (χ3n) is 5.86. The molecule has 2 bridgehead atoms. The summed E-state index contributed by atoms with van der Waals surface area (Å²) in [4.78, 5) is 24.8. The maximum Gasteiger partial charge on any atom is 0.418 e. The van der Waals surface area contributed by atoms with E-state index in [1.807, 2.05) is 25.7 Å². The van der Waals surface area contributed by atoms with Crippen LogP contribution in [-0.4, -0.2) is 51.7 Å². The van der Waals surface area contributed by atoms with E-state index in [9.17, 15) is 18.0 Å². The van der Waals surface area contributed by atoms with Gasteiger partial charge in [0.2, 0.25) is 0 Å². The number of fused-ring (bicyclic) bond motifs is 3. The average molecular weight is 481 g/mol. The van der Waals surface area contributed by atoms with Crippen LogP contribution in [0.1, 0.15) is 39.2 Å². The van der Waals surface area contributed by atoms with E-state index in [4.69, 9.17) is 9.15 Å². The number of alkyl halides is 3. The first kappa shape index (κ1) is 22.0. The molecule has 0 spiro atoms. The Morgan fingerprint density at radius 1 is 1.18 bits per heavy atom. The van der Waals surface area contributed by atoms with Gasteiger partial charge >= 0.3 is 12.3 Å². The third kappa shape index (κ3) is 4.03. The lowest BCUT2D eigenvalue weighted by molar-refractivity contribution is -0.136. The minimum Gasteiger partial charge on any atom is -0.444 e. The number of carbonyl (C=O) groups is 1. The molecule has 2 atom stereocenters. The molecule has 0 radical (unpaired) electrons. The molecule has 4 heterocycles. The van der Waals surface area contributed by atoms with Crippen molar-refractivity contribution in [2.45, 2.75) is 57.5 Å². The van der Waals surface area contributed by atoms with Gasteiger partial charge in [0.1, 0.15) is 16.1 Å². The molecule has 2 aliphatic heterocycles. The number of nitrogens with zero attached hydrogens (tertiary/aromatic N) is 4. The number of hydrogen-bond acceptors (Lipinski definition) is 7. The molecule has 2 unspecified atom stereocenters. The molecule has 1 amide bonds. The van der Waals surface area contributed by atoms with E-state index in [0.717, 1.165) is 18.9 Å². The highest BCUT2D eigenvalue weighted by Crippen LogP contribution is 2.42. The fourth-order valence-corrected chi connectivity index (χ4v) is 5.22. The maximum absolute atomic E-state index is 13.7. The number of thiazole rings is 1. The van der Waals surface area contributed by atoms with Gasteiger partial charge in [0.05, 0.1) is 23.2 Å². The highest BCUT2D eigenvalue weighted by atomic mass is 32.1. The summed E-state index contributed by atoms with van der Waals surface area (Å²) in [7, 11) is 0. The molecule has 176 valence electrons. The van der Waals surface area contributed by atoms with Gasteiger partial charge < -0.3 is 14.1 Å². The molecule has 5 rings (SSSR count). The number of halogens is 3. The lowest BCUT2D eigenvalue weighted by Gasteiger charge is -2.40. The molecular weight excluding hydrogens is 457 g/mol. The van der Waals surface area contributed by atoms with Gasteiger partial charge in [-0.1, -0.05) is 0 Å². The number of aromatic nitrogens is 2. The van der Waals surface area contributed by atoms with Crippen molar-refractivity contribution in [1.82, 2.24) is 14.9 Å². The monoisotopic (exact) mass is 480 g/mol. The van der Waals surface area contributed by atoms with Crippen molar-refractivity contribution in [2.24, 2.45) is 0 Å². The van der Waals surface area contributed by atoms with Crippen molar-refractivity contribution in [2.75, 3.05) is 18.0 Å². The summed E-state index contributed by atoms with van der Waals surface area (Å²) in [5.41, 5.74) is -1.14. The third-order valence-corrected chi connectivity index (χ3v) is 6.66. The fraction of sp³-hybridized carbons (Fsp3) is 0.500. The Labute approximate surface area is 192 Å². The molecule has 7 nitrogen and oxygen atoms in total. The van der Waals surface area contributed by atoms with Gasteiger partial charge in [0.25, 0.3) is 6.01 Å². The number of ether oxygens (including phenoxy) is 1. The number of amides is 1. The van der Waals surface area contributed by atoms with Crippen LogP contribution in [0.25, 0.3) is 21.7 Å². The van der Waals surface area contributed by atoms with Crippen LogP contribution in [-0.2, 0) is 10.9 Å². The van der Waals surface area contributed by atoms with Gasteiger partial charge in [-0.15, -0.1) is 11.3 Å². The second kappa shape index (κ2) is 7.61. The van der Waals surface area contributed by atoms with Crippen LogP contribution in [0.4, 0.5) is 24.0 Å². The molecule has 2 fully saturated rings. The van der Waals surface area contributed by atoms with E-state index in [1.54, 1.807) is 16.5 Å². The smallest absolute Gasteiger partial charge is 0.418 e. The van der Waals surface area contributed by atoms with Crippen LogP contribution in [0.5, 0.6) is 0 Å². The zero-order valence-electron chi connectivity index (χ0n) is 18.3. The Kier molecular flexibility index (Phi) is 5.07. The van der Waals surface area contributed by atoms with E-state index in [-0.39, 0.29) is 35.3 Å². The van der Waals surface area contributed by atoms with Crippen LogP contribution in [0.3, 0.4) is 0 Å². The Morgan fingerprint density at radius 3 is 2.45 bits per heavy atom. The second-order valence-corrected chi connectivity index (χ2v) is 10.2. The normalized spacial score (nSPS) is 21.2. The zero-order valence-corrected chi connectivity index (χ0v) is 19.2. The van der Waals surface area contributed by atoms with Gasteiger partial charge in [-0.25, -0.2) is 9.78 Å². The van der Waals surface area contributed by atoms with Gasteiger partial charge in [-0.2, -0.15) is 18.2 Å². The largest absolute Gasteiger partial charge is 0.444 e. The van der Waals surface area contributed by atoms with E-state index in [2.05, 4.69) is 9.97 Å². The maximum atomic E-state index is 13.7. The summed E-state index contributed by atoms with van der Waals surface area (Å²) in [6.07, 6.45) is -1.76. The van der Waals surface area contributed by atoms with Crippen molar-refractivity contribution >= 4 is 34.5 Å². The number of hydrogen-bond donors (Lipinski definition) is 0. The van der Waals surface area contributed by atoms with Crippen molar-refractivity contribution in [3.05, 3.63) is 29.3 Å². The number of oxazole rings is 1. The minimum absolute atomic E-state index is 0.0664. The van der Waals surface area contributed by atoms with Crippen molar-refractivity contribution in [3.63, 3.8) is 0 Å². The topological polar surface area (TPSA) is 71.7 Å². The first-order valence-electron chi connectivity index (χ1n) is 10.7. The highest BCUT2D eigenvalue weighted by molar-refractivity contribution is 7.13. The van der Waals surface area contributed by atoms with E-state index in [1.165, 1.54) is 17.4 Å². The molecule has 2 saturated heterocycles. The van der Waals surface area contributed by atoms with Gasteiger partial charge in [-0.3, -0.25) is 4.90 Å². The predicted octanol–water partition coefficient (Wildman–Crippen LogP) is 5.56. The van der Waals surface area contributed by atoms with E-state index >= 15 is 0 Å². The molecule has 0 aliphatic carbocycles. The summed E-state index contributed by atoms with van der Waals surface area (Å²) in [6, 6.07) is 2.29. The van der Waals surface area contributed by atoms with Crippen LogP contribution in [0.15, 0.2) is 28.1 Å². The van der Waals surface area contributed by atoms with Crippen LogP contribution < -0.4 is 4.90 Å². The zero-order chi connectivity index (χ0) is 23.5. The predicted molar refractivity (Wildman–Crippen MR) is 117 cm³/mol. The standard InChI is InChI=1S/C22H23F3N4O3S/c1-21(2,3)32-20(30)29-12-4-5-13(29)11-28(10-12)19-27-16-15(22(23,24)25)7-6-14(17(16)31-19)18-26-8-9-33-18/h6-9,12-13H,4-5,10-11H2,1-3H3. The first-order valence-corrected chi connectivity index (χ1v) is 11.6. The SMILES string of the molecule is CC(C)(C)OC(=O)N1C2CCC1CN(c1nc3c(C(F)(F)F)ccc(-c4nccs4)c3o1)C2. The Hall–Kier alpha value is -2.82. The van der Waals surface area contributed by atoms with Crippen LogP contribution in [0.2, 0.25) is 0 Å². The fourth-order valence-electron chi connectivity index (χ4n) is 4.56. The highest BCUT2D eigenvalue weighted by Gasteiger charge is 2.45. The van der Waals surface area contributed by atoms with E-state index < -0.39 is 17.3 Å². The molecule has 33 heavy (non-hydrogen) atoms. The van der Waals surface area contributed by atoms with Crippen molar-refractivity contribution in [3.8, 4) is 10.6 Å². The summed E-state index contributed by atoms with van der Waals surface area (Å²) in [6.45, 7) is 6.28. The van der Waals surface area contributed by atoms with Gasteiger partial charge in [0, 0.05) is 24.7 Å². The number of benzene rings is 1. The van der Waals surface area contributed by atoms with Gasteiger partial charge in [-0.05, 0) is 45.7 Å². The second-order valence-electron chi connectivity index (χ2n) is 9.35. The summed E-state index contributed by atoms with van der Waals surface area (Å²) < 4.78 is 52.6. The molecule has 3 aromatic rings. The Morgan fingerprint density at radius 2 is 1.88 bits per heavy atom. The van der Waals surface area contributed by atoms with Crippen molar-refractivity contribution in [1.29, 1.82) is 0 Å². The van der Waals surface area contributed by atoms with Crippen LogP contribution in [0, 0.1) is 0 Å². The summed E-state index contributed by atoms with van der Waals surface area (Å²) in [5.74, 6) is 0. The number of rotatable bonds is 2. The molecular formula is C22H23F3N4O3S. The summed E-state index contributed by atoms with van der Waals surface area (Å²) >= 11 is 1.32. The lowest BCUT2D eigenvalue weighted by atomic mass is 10.1. The lowest BCUT2D eigenvalue weighted by Crippen LogP contribution is -2.56. The molecule has 1 aromatic carbocycles.